The molecule has 6 nitrogen and oxygen atoms in total. The van der Waals surface area contributed by atoms with E-state index in [0.29, 0.717) is 0 Å². The highest BCUT2D eigenvalue weighted by molar-refractivity contribution is 7.88. The summed E-state index contributed by atoms with van der Waals surface area (Å²) in [7, 11) is -1.22. The number of halogens is 3. The van der Waals surface area contributed by atoms with Gasteiger partial charge in [-0.2, -0.15) is 21.6 Å². The molecule has 0 atom stereocenters. The lowest BCUT2D eigenvalue weighted by Gasteiger charge is -2.12. The molecule has 0 fully saturated rings. The van der Waals surface area contributed by atoms with Crippen molar-refractivity contribution in [2.75, 3.05) is 21.2 Å². The largest absolute Gasteiger partial charge is 0.534 e. The number of aliphatic imine (C=N–C) groups is 1. The summed E-state index contributed by atoms with van der Waals surface area (Å²) in [5.74, 6) is -0.755. The first-order valence-electron chi connectivity index (χ1n) is 5.46. The smallest absolute Gasteiger partial charge is 0.493 e. The summed E-state index contributed by atoms with van der Waals surface area (Å²) < 4.78 is 67.8. The van der Waals surface area contributed by atoms with Gasteiger partial charge in [0.15, 0.2) is 11.5 Å². The summed E-state index contributed by atoms with van der Waals surface area (Å²) in [5.41, 5.74) is -5.32. The predicted molar refractivity (Wildman–Crippen MR) is 70.4 cm³/mol. The van der Waals surface area contributed by atoms with Gasteiger partial charge >= 0.3 is 15.6 Å². The maximum atomic E-state index is 12.3. The Bertz CT molecular complexity index is 627. The second kappa shape index (κ2) is 6.20. The fourth-order valence-corrected chi connectivity index (χ4v) is 1.62. The van der Waals surface area contributed by atoms with E-state index in [-0.39, 0.29) is 11.4 Å². The first-order valence-corrected chi connectivity index (χ1v) is 6.87. The zero-order chi connectivity index (χ0) is 16.3. The van der Waals surface area contributed by atoms with Gasteiger partial charge in [0.25, 0.3) is 0 Å². The topological polar surface area (TPSA) is 68.2 Å². The Hall–Kier alpha value is -1.97. The number of ether oxygens (including phenoxy) is 1. The van der Waals surface area contributed by atoms with Crippen LogP contribution in [0.25, 0.3) is 0 Å². The van der Waals surface area contributed by atoms with E-state index in [4.69, 9.17) is 4.74 Å². The molecule has 0 radical (unpaired) electrons. The third-order valence-electron chi connectivity index (χ3n) is 2.07. The van der Waals surface area contributed by atoms with Crippen LogP contribution in [0.3, 0.4) is 0 Å². The van der Waals surface area contributed by atoms with Crippen molar-refractivity contribution in [1.29, 1.82) is 0 Å². The summed E-state index contributed by atoms with van der Waals surface area (Å²) in [5, 5.41) is 0. The normalized spacial score (nSPS) is 12.5. The zero-order valence-electron chi connectivity index (χ0n) is 11.4. The van der Waals surface area contributed by atoms with Crippen LogP contribution in [0.2, 0.25) is 0 Å². The summed E-state index contributed by atoms with van der Waals surface area (Å²) in [4.78, 5) is 5.52. The van der Waals surface area contributed by atoms with Crippen LogP contribution in [-0.2, 0) is 10.1 Å². The SMILES string of the molecule is COc1ccc(N=CN(C)C)cc1OS(=O)(=O)C(F)(F)F. The van der Waals surface area contributed by atoms with Gasteiger partial charge in [-0.05, 0) is 12.1 Å². The van der Waals surface area contributed by atoms with Crippen molar-refractivity contribution in [2.45, 2.75) is 5.51 Å². The van der Waals surface area contributed by atoms with E-state index >= 15 is 0 Å². The molecule has 0 amide bonds. The molecule has 0 N–H and O–H groups in total. The highest BCUT2D eigenvalue weighted by Crippen LogP contribution is 2.35. The summed E-state index contributed by atoms with van der Waals surface area (Å²) in [6, 6.07) is 3.72. The molecule has 0 aliphatic heterocycles. The second-order valence-corrected chi connectivity index (χ2v) is 5.56. The Balaban J connectivity index is 3.19. The lowest BCUT2D eigenvalue weighted by atomic mass is 10.3. The van der Waals surface area contributed by atoms with Gasteiger partial charge in [0, 0.05) is 20.2 Å². The minimum absolute atomic E-state index is 0.161. The van der Waals surface area contributed by atoms with Crippen LogP contribution in [0, 0.1) is 0 Å². The van der Waals surface area contributed by atoms with Gasteiger partial charge in [0.05, 0.1) is 19.1 Å². The maximum absolute atomic E-state index is 12.3. The first kappa shape index (κ1) is 17.1. The fraction of sp³-hybridized carbons (Fsp3) is 0.364. The van der Waals surface area contributed by atoms with E-state index in [9.17, 15) is 21.6 Å². The van der Waals surface area contributed by atoms with Gasteiger partial charge in [-0.15, -0.1) is 0 Å². The molecule has 0 spiro atoms. The molecular formula is C11H13F3N2O4S. The van der Waals surface area contributed by atoms with E-state index in [1.807, 2.05) is 0 Å². The monoisotopic (exact) mass is 326 g/mol. The number of alkyl halides is 3. The van der Waals surface area contributed by atoms with Crippen LogP contribution in [0.5, 0.6) is 11.5 Å². The molecule has 1 aromatic carbocycles. The Labute approximate surface area is 119 Å². The van der Waals surface area contributed by atoms with Crippen LogP contribution >= 0.6 is 0 Å². The fourth-order valence-electron chi connectivity index (χ4n) is 1.16. The molecule has 21 heavy (non-hydrogen) atoms. The highest BCUT2D eigenvalue weighted by atomic mass is 32.2. The molecule has 0 saturated heterocycles. The number of rotatable bonds is 5. The van der Waals surface area contributed by atoms with Gasteiger partial charge < -0.3 is 13.8 Å². The van der Waals surface area contributed by atoms with Crippen molar-refractivity contribution >= 4 is 22.1 Å². The van der Waals surface area contributed by atoms with Crippen LogP contribution in [0.15, 0.2) is 23.2 Å². The van der Waals surface area contributed by atoms with Crippen LogP contribution in [-0.4, -0.2) is 46.4 Å². The molecule has 1 aromatic rings. The molecule has 118 valence electrons. The van der Waals surface area contributed by atoms with Crippen molar-refractivity contribution in [1.82, 2.24) is 4.90 Å². The molecule has 0 aliphatic carbocycles. The van der Waals surface area contributed by atoms with Crippen LogP contribution < -0.4 is 8.92 Å². The number of hydrogen-bond donors (Lipinski definition) is 0. The summed E-state index contributed by atoms with van der Waals surface area (Å²) in [6.45, 7) is 0. The van der Waals surface area contributed by atoms with Crippen LogP contribution in [0.1, 0.15) is 0 Å². The Kier molecular flexibility index (Phi) is 5.05. The van der Waals surface area contributed by atoms with E-state index in [1.54, 1.807) is 19.0 Å². The van der Waals surface area contributed by atoms with E-state index in [0.717, 1.165) is 6.07 Å². The molecule has 0 aromatic heterocycles. The molecule has 0 heterocycles. The standard InChI is InChI=1S/C11H13F3N2O4S/c1-16(2)7-15-8-4-5-9(19-3)10(6-8)20-21(17,18)11(12,13)14/h4-7H,1-3H3. The maximum Gasteiger partial charge on any atom is 0.534 e. The number of hydrogen-bond acceptors (Lipinski definition) is 5. The quantitative estimate of drug-likeness (QED) is 0.359. The Morgan fingerprint density at radius 1 is 1.24 bits per heavy atom. The average Bonchev–Trinajstić information content (AvgIpc) is 2.34. The van der Waals surface area contributed by atoms with Crippen molar-refractivity contribution in [3.63, 3.8) is 0 Å². The summed E-state index contributed by atoms with van der Waals surface area (Å²) in [6.07, 6.45) is 1.39. The van der Waals surface area contributed by atoms with Gasteiger partial charge in [0.1, 0.15) is 0 Å². The molecule has 0 saturated carbocycles. The molecule has 0 unspecified atom stereocenters. The lowest BCUT2D eigenvalue weighted by molar-refractivity contribution is -0.0500. The Morgan fingerprint density at radius 2 is 1.86 bits per heavy atom. The molecule has 0 bridgehead atoms. The lowest BCUT2D eigenvalue weighted by Crippen LogP contribution is -2.28. The first-order chi connectivity index (χ1) is 9.56. The number of methoxy groups -OCH3 is 1. The van der Waals surface area contributed by atoms with Crippen molar-refractivity contribution in [2.24, 2.45) is 4.99 Å². The van der Waals surface area contributed by atoms with E-state index in [2.05, 4.69) is 9.18 Å². The number of benzene rings is 1. The van der Waals surface area contributed by atoms with Crippen molar-refractivity contribution in [3.05, 3.63) is 18.2 Å². The average molecular weight is 326 g/mol. The minimum Gasteiger partial charge on any atom is -0.493 e. The van der Waals surface area contributed by atoms with E-state index in [1.165, 1.54) is 25.6 Å². The molecule has 0 aliphatic rings. The molecule has 10 heteroatoms. The van der Waals surface area contributed by atoms with Gasteiger partial charge in [-0.3, -0.25) is 0 Å². The zero-order valence-corrected chi connectivity index (χ0v) is 12.2. The highest BCUT2D eigenvalue weighted by Gasteiger charge is 2.48. The predicted octanol–water partition coefficient (Wildman–Crippen LogP) is 2.14. The van der Waals surface area contributed by atoms with Crippen LogP contribution in [0.4, 0.5) is 18.9 Å². The summed E-state index contributed by atoms with van der Waals surface area (Å²) >= 11 is 0. The van der Waals surface area contributed by atoms with E-state index < -0.39 is 21.4 Å². The molecular weight excluding hydrogens is 313 g/mol. The molecule has 1 rings (SSSR count). The van der Waals surface area contributed by atoms with Gasteiger partial charge in [-0.25, -0.2) is 4.99 Å². The van der Waals surface area contributed by atoms with Crippen molar-refractivity contribution in [3.8, 4) is 11.5 Å². The van der Waals surface area contributed by atoms with Gasteiger partial charge in [-0.1, -0.05) is 0 Å². The Morgan fingerprint density at radius 3 is 2.33 bits per heavy atom. The second-order valence-electron chi connectivity index (χ2n) is 4.03. The number of nitrogens with zero attached hydrogens (tertiary/aromatic N) is 2. The third kappa shape index (κ3) is 4.52. The van der Waals surface area contributed by atoms with Gasteiger partial charge in [0.2, 0.25) is 0 Å². The minimum atomic E-state index is -5.77. The van der Waals surface area contributed by atoms with Crippen molar-refractivity contribution < 1.29 is 30.5 Å². The third-order valence-corrected chi connectivity index (χ3v) is 3.03.